The Hall–Kier alpha value is -3.55. The van der Waals surface area contributed by atoms with Gasteiger partial charge in [0.25, 0.3) is 0 Å². The van der Waals surface area contributed by atoms with Crippen LogP contribution >= 0.6 is 0 Å². The summed E-state index contributed by atoms with van der Waals surface area (Å²) in [5.41, 5.74) is 5.08. The number of aryl methyl sites for hydroxylation is 1. The van der Waals surface area contributed by atoms with Crippen molar-refractivity contribution in [1.29, 1.82) is 0 Å². The number of hydrogen-bond donors (Lipinski definition) is 2. The molecule has 6 nitrogen and oxygen atoms in total. The van der Waals surface area contributed by atoms with Gasteiger partial charge in [-0.05, 0) is 92.9 Å². The molecule has 1 aliphatic heterocycles. The molecule has 3 aromatic rings. The standard InChI is InChI=1S/C30H34FNO.C2H2O4/c1-32(22-8-7-9-23-14-16-25(31)17-15-23)26-18-20-30(21-19-26)28-13-6-5-12-27(28)29(33-30)24-10-3-2-4-11-24;3-1(4)2(5)6/h2-6,10-17,26,29H,7-9,18-22H2,1H3;(H,3,4)(H,5,6)/t26?,29-,30?;/m1./s1. The number of unbranched alkanes of at least 4 members (excludes halogenated alkanes) is 1. The monoisotopic (exact) mass is 533 g/mol. The molecule has 0 aromatic heterocycles. The van der Waals surface area contributed by atoms with Gasteiger partial charge in [0.15, 0.2) is 0 Å². The van der Waals surface area contributed by atoms with Gasteiger partial charge in [-0.2, -0.15) is 0 Å². The molecular formula is C32H36FNO5. The molecule has 1 atom stereocenters. The van der Waals surface area contributed by atoms with Crippen LogP contribution in [0.3, 0.4) is 0 Å². The lowest BCUT2D eigenvalue weighted by Crippen LogP contribution is -2.41. The Balaban J connectivity index is 0.000000531. The van der Waals surface area contributed by atoms with E-state index in [1.165, 1.54) is 41.5 Å². The first kappa shape index (κ1) is 28.5. The van der Waals surface area contributed by atoms with E-state index in [4.69, 9.17) is 24.5 Å². The lowest BCUT2D eigenvalue weighted by molar-refractivity contribution is -0.159. The molecule has 5 rings (SSSR count). The average molecular weight is 534 g/mol. The molecule has 0 radical (unpaired) electrons. The van der Waals surface area contributed by atoms with Gasteiger partial charge in [-0.1, -0.05) is 66.7 Å². The largest absolute Gasteiger partial charge is 0.473 e. The minimum Gasteiger partial charge on any atom is -0.473 e. The van der Waals surface area contributed by atoms with Gasteiger partial charge in [0.1, 0.15) is 11.9 Å². The highest BCUT2D eigenvalue weighted by atomic mass is 19.1. The van der Waals surface area contributed by atoms with Gasteiger partial charge in [0.2, 0.25) is 0 Å². The highest BCUT2D eigenvalue weighted by molar-refractivity contribution is 6.27. The van der Waals surface area contributed by atoms with Crippen LogP contribution in [0.2, 0.25) is 0 Å². The van der Waals surface area contributed by atoms with Crippen LogP contribution in [0.25, 0.3) is 0 Å². The van der Waals surface area contributed by atoms with E-state index in [1.807, 2.05) is 12.1 Å². The molecule has 2 aliphatic rings. The van der Waals surface area contributed by atoms with Crippen LogP contribution < -0.4 is 0 Å². The fourth-order valence-electron chi connectivity index (χ4n) is 5.79. The molecule has 206 valence electrons. The number of fused-ring (bicyclic) bond motifs is 2. The fraction of sp³-hybridized carbons (Fsp3) is 0.375. The number of aliphatic carboxylic acids is 2. The van der Waals surface area contributed by atoms with Gasteiger partial charge in [-0.15, -0.1) is 0 Å². The number of carboxylic acids is 2. The van der Waals surface area contributed by atoms with E-state index in [9.17, 15) is 4.39 Å². The summed E-state index contributed by atoms with van der Waals surface area (Å²) in [7, 11) is 2.27. The third-order valence-electron chi connectivity index (χ3n) is 7.89. The smallest absolute Gasteiger partial charge is 0.414 e. The number of hydrogen-bond acceptors (Lipinski definition) is 4. The van der Waals surface area contributed by atoms with Crippen molar-refractivity contribution in [2.24, 2.45) is 0 Å². The summed E-state index contributed by atoms with van der Waals surface area (Å²) in [6.45, 7) is 1.11. The van der Waals surface area contributed by atoms with E-state index in [-0.39, 0.29) is 17.5 Å². The molecule has 1 heterocycles. The summed E-state index contributed by atoms with van der Waals surface area (Å²) in [5.74, 6) is -3.80. The number of benzene rings is 3. The number of nitrogens with zero attached hydrogens (tertiary/aromatic N) is 1. The molecule has 7 heteroatoms. The zero-order chi connectivity index (χ0) is 27.8. The number of halogens is 1. The minimum absolute atomic E-state index is 0.0446. The first-order valence-electron chi connectivity index (χ1n) is 13.5. The molecule has 1 spiro atoms. The van der Waals surface area contributed by atoms with Crippen molar-refractivity contribution in [2.75, 3.05) is 13.6 Å². The van der Waals surface area contributed by atoms with Crippen LogP contribution in [-0.4, -0.2) is 46.7 Å². The Morgan fingerprint density at radius 1 is 0.897 bits per heavy atom. The van der Waals surface area contributed by atoms with E-state index in [0.29, 0.717) is 6.04 Å². The molecule has 0 amide bonds. The van der Waals surface area contributed by atoms with Gasteiger partial charge < -0.3 is 19.8 Å². The maximum atomic E-state index is 13.1. The molecule has 0 bridgehead atoms. The van der Waals surface area contributed by atoms with Gasteiger partial charge in [-0.3, -0.25) is 0 Å². The van der Waals surface area contributed by atoms with Crippen LogP contribution in [0.15, 0.2) is 78.9 Å². The highest BCUT2D eigenvalue weighted by Crippen LogP contribution is 2.53. The van der Waals surface area contributed by atoms with Crippen molar-refractivity contribution in [3.8, 4) is 0 Å². The quantitative estimate of drug-likeness (QED) is 0.278. The van der Waals surface area contributed by atoms with E-state index in [2.05, 4.69) is 66.5 Å². The molecular weight excluding hydrogens is 497 g/mol. The van der Waals surface area contributed by atoms with Crippen molar-refractivity contribution in [2.45, 2.75) is 62.7 Å². The van der Waals surface area contributed by atoms with Crippen LogP contribution in [0.5, 0.6) is 0 Å². The number of rotatable bonds is 7. The topological polar surface area (TPSA) is 87.1 Å². The lowest BCUT2D eigenvalue weighted by atomic mass is 9.77. The molecule has 3 aromatic carbocycles. The summed E-state index contributed by atoms with van der Waals surface area (Å²) in [5, 5.41) is 14.8. The lowest BCUT2D eigenvalue weighted by Gasteiger charge is -2.41. The van der Waals surface area contributed by atoms with Crippen LogP contribution in [-0.2, 0) is 26.3 Å². The van der Waals surface area contributed by atoms with Crippen molar-refractivity contribution >= 4 is 11.9 Å². The Labute approximate surface area is 229 Å². The molecule has 2 N–H and O–H groups in total. The number of carboxylic acid groups (broad SMARTS) is 2. The summed E-state index contributed by atoms with van der Waals surface area (Å²) in [6.07, 6.45) is 7.88. The average Bonchev–Trinajstić information content (AvgIpc) is 3.27. The van der Waals surface area contributed by atoms with Gasteiger partial charge in [0, 0.05) is 6.04 Å². The highest BCUT2D eigenvalue weighted by Gasteiger charge is 2.47. The summed E-state index contributed by atoms with van der Waals surface area (Å²) in [6, 6.07) is 27.0. The maximum Gasteiger partial charge on any atom is 0.414 e. The first-order chi connectivity index (χ1) is 18.8. The second-order valence-corrected chi connectivity index (χ2v) is 10.4. The molecule has 0 unspecified atom stereocenters. The molecule has 39 heavy (non-hydrogen) atoms. The molecule has 0 saturated heterocycles. The maximum absolute atomic E-state index is 13.1. The van der Waals surface area contributed by atoms with Gasteiger partial charge >= 0.3 is 11.9 Å². The van der Waals surface area contributed by atoms with Crippen molar-refractivity contribution in [3.05, 3.63) is 107 Å². The summed E-state index contributed by atoms with van der Waals surface area (Å²) in [4.78, 5) is 20.7. The van der Waals surface area contributed by atoms with Crippen molar-refractivity contribution in [1.82, 2.24) is 4.90 Å². The van der Waals surface area contributed by atoms with E-state index < -0.39 is 11.9 Å². The number of carbonyl (C=O) groups is 2. The fourth-order valence-corrected chi connectivity index (χ4v) is 5.79. The first-order valence-corrected chi connectivity index (χ1v) is 13.5. The normalized spacial score (nSPS) is 21.7. The second-order valence-electron chi connectivity index (χ2n) is 10.4. The Kier molecular flexibility index (Phi) is 9.49. The summed E-state index contributed by atoms with van der Waals surface area (Å²) < 4.78 is 20.0. The Bertz CT molecular complexity index is 1230. The predicted molar refractivity (Wildman–Crippen MR) is 147 cm³/mol. The van der Waals surface area contributed by atoms with Crippen LogP contribution in [0, 0.1) is 5.82 Å². The minimum atomic E-state index is -1.82. The molecule has 1 fully saturated rings. The zero-order valence-electron chi connectivity index (χ0n) is 22.3. The third-order valence-corrected chi connectivity index (χ3v) is 7.89. The Morgan fingerprint density at radius 3 is 2.15 bits per heavy atom. The van der Waals surface area contributed by atoms with Crippen molar-refractivity contribution in [3.63, 3.8) is 0 Å². The predicted octanol–water partition coefficient (Wildman–Crippen LogP) is 6.19. The molecule has 1 aliphatic carbocycles. The van der Waals surface area contributed by atoms with Gasteiger partial charge in [-0.25, -0.2) is 14.0 Å². The van der Waals surface area contributed by atoms with E-state index in [1.54, 1.807) is 12.1 Å². The third kappa shape index (κ3) is 7.11. The van der Waals surface area contributed by atoms with Gasteiger partial charge in [0.05, 0.1) is 5.60 Å². The second kappa shape index (κ2) is 13.0. The number of ether oxygens (including phenoxy) is 1. The van der Waals surface area contributed by atoms with E-state index >= 15 is 0 Å². The van der Waals surface area contributed by atoms with Crippen LogP contribution in [0.4, 0.5) is 4.39 Å². The van der Waals surface area contributed by atoms with E-state index in [0.717, 1.165) is 32.2 Å². The SMILES string of the molecule is CN(CCCCc1ccc(F)cc1)C1CCC2(CC1)O[C@H](c1ccccc1)c1ccccc12.O=C(O)C(=O)O. The van der Waals surface area contributed by atoms with Crippen LogP contribution in [0.1, 0.15) is 66.9 Å². The molecule has 1 saturated carbocycles. The van der Waals surface area contributed by atoms with Crippen molar-refractivity contribution < 1.29 is 28.9 Å². The Morgan fingerprint density at radius 2 is 1.51 bits per heavy atom. The summed E-state index contributed by atoms with van der Waals surface area (Å²) >= 11 is 0. The zero-order valence-corrected chi connectivity index (χ0v) is 22.3.